The van der Waals surface area contributed by atoms with Crippen LogP contribution in [0.25, 0.3) is 0 Å². The van der Waals surface area contributed by atoms with Gasteiger partial charge >= 0.3 is 5.97 Å². The molecule has 2 N–H and O–H groups in total. The van der Waals surface area contributed by atoms with Gasteiger partial charge in [0.15, 0.2) is 0 Å². The summed E-state index contributed by atoms with van der Waals surface area (Å²) < 4.78 is 26.7. The van der Waals surface area contributed by atoms with Crippen molar-refractivity contribution in [1.29, 1.82) is 0 Å². The van der Waals surface area contributed by atoms with Gasteiger partial charge in [0, 0.05) is 33.4 Å². The van der Waals surface area contributed by atoms with E-state index in [-0.39, 0.29) is 10.6 Å². The molecule has 1 aromatic rings. The van der Waals surface area contributed by atoms with Crippen molar-refractivity contribution in [3.8, 4) is 0 Å². The molecule has 1 heterocycles. The highest BCUT2D eigenvalue weighted by Crippen LogP contribution is 2.26. The van der Waals surface area contributed by atoms with E-state index in [0.717, 1.165) is 10.7 Å². The van der Waals surface area contributed by atoms with Gasteiger partial charge in [0.05, 0.1) is 5.92 Å². The summed E-state index contributed by atoms with van der Waals surface area (Å²) in [6.45, 7) is 0. The predicted molar refractivity (Wildman–Crippen MR) is 82.5 cm³/mol. The normalized spacial score (nSPS) is 21.6. The number of amides is 1. The SMILES string of the molecule is CN(C)S(=O)(=O)c1cc(C(=O)N[C@@H]2CCC[C@@H]2C(=O)O)n(C)c1. The molecule has 8 nitrogen and oxygen atoms in total. The first-order valence-corrected chi connectivity index (χ1v) is 8.71. The largest absolute Gasteiger partial charge is 0.481 e. The molecule has 0 spiro atoms. The Morgan fingerprint density at radius 3 is 2.57 bits per heavy atom. The number of nitrogens with zero attached hydrogens (tertiary/aromatic N) is 2. The van der Waals surface area contributed by atoms with Gasteiger partial charge in [0.25, 0.3) is 5.91 Å². The van der Waals surface area contributed by atoms with Gasteiger partial charge in [-0.25, -0.2) is 12.7 Å². The quantitative estimate of drug-likeness (QED) is 0.797. The number of rotatable bonds is 5. The number of carbonyl (C=O) groups is 2. The van der Waals surface area contributed by atoms with Gasteiger partial charge in [-0.15, -0.1) is 0 Å². The van der Waals surface area contributed by atoms with Crippen LogP contribution < -0.4 is 5.32 Å². The van der Waals surface area contributed by atoms with Crippen LogP contribution in [0, 0.1) is 5.92 Å². The van der Waals surface area contributed by atoms with E-state index >= 15 is 0 Å². The maximum atomic E-state index is 12.4. The Kier molecular flexibility index (Phi) is 4.81. The summed E-state index contributed by atoms with van der Waals surface area (Å²) in [4.78, 5) is 23.6. The van der Waals surface area contributed by atoms with Crippen LogP contribution in [0.1, 0.15) is 29.8 Å². The molecular weight excluding hydrogens is 322 g/mol. The first kappa shape index (κ1) is 17.5. The lowest BCUT2D eigenvalue weighted by molar-refractivity contribution is -0.142. The molecule has 1 amide bonds. The van der Waals surface area contributed by atoms with Gasteiger partial charge in [0.1, 0.15) is 10.6 Å². The van der Waals surface area contributed by atoms with E-state index in [9.17, 15) is 18.0 Å². The van der Waals surface area contributed by atoms with Gasteiger partial charge in [-0.05, 0) is 18.9 Å². The van der Waals surface area contributed by atoms with Crippen LogP contribution in [-0.2, 0) is 21.9 Å². The Balaban J connectivity index is 2.21. The van der Waals surface area contributed by atoms with Crippen molar-refractivity contribution in [3.05, 3.63) is 18.0 Å². The second kappa shape index (κ2) is 6.32. The maximum Gasteiger partial charge on any atom is 0.308 e. The maximum absolute atomic E-state index is 12.4. The molecule has 1 aromatic heterocycles. The molecule has 1 fully saturated rings. The fraction of sp³-hybridized carbons (Fsp3) is 0.571. The third-order valence-corrected chi connectivity index (χ3v) is 5.92. The second-order valence-electron chi connectivity index (χ2n) is 5.91. The van der Waals surface area contributed by atoms with Crippen LogP contribution in [0.4, 0.5) is 0 Å². The lowest BCUT2D eigenvalue weighted by Gasteiger charge is -2.17. The van der Waals surface area contributed by atoms with Crippen LogP contribution >= 0.6 is 0 Å². The molecule has 0 radical (unpaired) electrons. The first-order valence-electron chi connectivity index (χ1n) is 7.27. The number of hydrogen-bond acceptors (Lipinski definition) is 4. The highest BCUT2D eigenvalue weighted by Gasteiger charge is 2.34. The zero-order chi connectivity index (χ0) is 17.4. The van der Waals surface area contributed by atoms with Crippen molar-refractivity contribution in [1.82, 2.24) is 14.2 Å². The van der Waals surface area contributed by atoms with E-state index in [4.69, 9.17) is 5.11 Å². The van der Waals surface area contributed by atoms with Crippen molar-refractivity contribution in [2.24, 2.45) is 13.0 Å². The Morgan fingerprint density at radius 2 is 2.00 bits per heavy atom. The minimum atomic E-state index is -3.63. The number of carboxylic acids is 1. The lowest BCUT2D eigenvalue weighted by atomic mass is 10.0. The molecule has 0 aliphatic heterocycles. The lowest BCUT2D eigenvalue weighted by Crippen LogP contribution is -2.40. The Morgan fingerprint density at radius 1 is 1.35 bits per heavy atom. The summed E-state index contributed by atoms with van der Waals surface area (Å²) in [6, 6.07) is 0.874. The third-order valence-electron chi connectivity index (χ3n) is 4.14. The zero-order valence-electron chi connectivity index (χ0n) is 13.3. The second-order valence-corrected chi connectivity index (χ2v) is 8.07. The molecule has 2 atom stereocenters. The molecule has 1 saturated carbocycles. The number of sulfonamides is 1. The van der Waals surface area contributed by atoms with Crippen molar-refractivity contribution < 1.29 is 23.1 Å². The number of carboxylic acid groups (broad SMARTS) is 1. The molecule has 9 heteroatoms. The molecule has 2 rings (SSSR count). The highest BCUT2D eigenvalue weighted by atomic mass is 32.2. The topological polar surface area (TPSA) is 109 Å². The van der Waals surface area contributed by atoms with Gasteiger partial charge in [-0.3, -0.25) is 9.59 Å². The smallest absolute Gasteiger partial charge is 0.308 e. The zero-order valence-corrected chi connectivity index (χ0v) is 14.1. The van der Waals surface area contributed by atoms with Gasteiger partial charge in [-0.1, -0.05) is 6.42 Å². The van der Waals surface area contributed by atoms with Crippen LogP contribution in [0.3, 0.4) is 0 Å². The minimum Gasteiger partial charge on any atom is -0.481 e. The summed E-state index contributed by atoms with van der Waals surface area (Å²) in [5, 5.41) is 11.9. The molecule has 0 saturated heterocycles. The average molecular weight is 343 g/mol. The minimum absolute atomic E-state index is 0.0244. The van der Waals surface area contributed by atoms with Gasteiger partial charge in [-0.2, -0.15) is 0 Å². The monoisotopic (exact) mass is 343 g/mol. The number of nitrogens with one attached hydrogen (secondary N) is 1. The fourth-order valence-corrected chi connectivity index (χ4v) is 3.76. The van der Waals surface area contributed by atoms with Crippen LogP contribution in [0.2, 0.25) is 0 Å². The third kappa shape index (κ3) is 3.40. The molecular formula is C14H21N3O5S. The number of aliphatic carboxylic acids is 1. The van der Waals surface area contributed by atoms with Crippen LogP contribution in [0.5, 0.6) is 0 Å². The number of carbonyl (C=O) groups excluding carboxylic acids is 1. The molecule has 23 heavy (non-hydrogen) atoms. The summed E-state index contributed by atoms with van der Waals surface area (Å²) >= 11 is 0. The number of aromatic nitrogens is 1. The summed E-state index contributed by atoms with van der Waals surface area (Å²) in [5.74, 6) is -1.98. The highest BCUT2D eigenvalue weighted by molar-refractivity contribution is 7.89. The molecule has 0 unspecified atom stereocenters. The van der Waals surface area contributed by atoms with E-state index in [0.29, 0.717) is 12.8 Å². The average Bonchev–Trinajstić information content (AvgIpc) is 3.05. The Labute approximate surface area is 135 Å². The van der Waals surface area contributed by atoms with E-state index < -0.39 is 33.9 Å². The number of aryl methyl sites for hydroxylation is 1. The van der Waals surface area contributed by atoms with E-state index in [1.54, 1.807) is 7.05 Å². The van der Waals surface area contributed by atoms with Gasteiger partial charge < -0.3 is 15.0 Å². The molecule has 0 bridgehead atoms. The van der Waals surface area contributed by atoms with E-state index in [2.05, 4.69) is 5.32 Å². The van der Waals surface area contributed by atoms with E-state index in [1.165, 1.54) is 30.9 Å². The van der Waals surface area contributed by atoms with Crippen molar-refractivity contribution in [3.63, 3.8) is 0 Å². The summed E-state index contributed by atoms with van der Waals surface area (Å²) in [6.07, 6.45) is 3.26. The van der Waals surface area contributed by atoms with Crippen molar-refractivity contribution in [2.45, 2.75) is 30.2 Å². The van der Waals surface area contributed by atoms with Crippen LogP contribution in [-0.4, -0.2) is 54.4 Å². The predicted octanol–water partition coefficient (Wildman–Crippen LogP) is 0.258. The molecule has 1 aliphatic rings. The summed E-state index contributed by atoms with van der Waals surface area (Å²) in [7, 11) is 0.781. The molecule has 0 aromatic carbocycles. The van der Waals surface area contributed by atoms with Crippen LogP contribution in [0.15, 0.2) is 17.2 Å². The molecule has 1 aliphatic carbocycles. The van der Waals surface area contributed by atoms with E-state index in [1.807, 2.05) is 0 Å². The standard InChI is InChI=1S/C14H21N3O5S/c1-16(2)23(21,22)9-7-12(17(3)8-9)13(18)15-11-6-4-5-10(11)14(19)20/h7-8,10-11H,4-6H2,1-3H3,(H,15,18)(H,19,20)/t10-,11+/m0/s1. The van der Waals surface area contributed by atoms with Crippen molar-refractivity contribution >= 4 is 21.9 Å². The van der Waals surface area contributed by atoms with Gasteiger partial charge in [0.2, 0.25) is 10.0 Å². The summed E-state index contributed by atoms with van der Waals surface area (Å²) in [5.41, 5.74) is 0.182. The first-order chi connectivity index (χ1) is 10.6. The van der Waals surface area contributed by atoms with Crippen molar-refractivity contribution in [2.75, 3.05) is 14.1 Å². The Bertz CT molecular complexity index is 723. The Hall–Kier alpha value is -1.87. The number of hydrogen-bond donors (Lipinski definition) is 2. The molecule has 128 valence electrons. The fourth-order valence-electron chi connectivity index (χ4n) is 2.78.